The molecule has 0 aliphatic carbocycles. The lowest BCUT2D eigenvalue weighted by molar-refractivity contribution is 0.101. The fourth-order valence-corrected chi connectivity index (χ4v) is 3.77. The molecule has 0 saturated heterocycles. The molecule has 5 nitrogen and oxygen atoms in total. The molecule has 0 heterocycles. The maximum Gasteiger partial charge on any atom is 0.240 e. The summed E-state index contributed by atoms with van der Waals surface area (Å²) in [5.74, 6) is -0.0913. The highest BCUT2D eigenvalue weighted by Gasteiger charge is 2.18. The van der Waals surface area contributed by atoms with Crippen LogP contribution in [-0.4, -0.2) is 34.3 Å². The van der Waals surface area contributed by atoms with Gasteiger partial charge in [-0.05, 0) is 50.1 Å². The van der Waals surface area contributed by atoms with Gasteiger partial charge in [-0.2, -0.15) is 0 Å². The summed E-state index contributed by atoms with van der Waals surface area (Å²) in [7, 11) is 0.337. The Hall–Kier alpha value is -2.18. The fourth-order valence-electron chi connectivity index (χ4n) is 2.53. The lowest BCUT2D eigenvalue weighted by Gasteiger charge is -2.16. The van der Waals surface area contributed by atoms with Crippen molar-refractivity contribution in [1.29, 1.82) is 0 Å². The number of sulfonamides is 1. The number of nitrogens with zero attached hydrogens (tertiary/aromatic N) is 1. The van der Waals surface area contributed by atoms with Crippen LogP contribution in [0.5, 0.6) is 0 Å². The van der Waals surface area contributed by atoms with Gasteiger partial charge in [0.2, 0.25) is 10.0 Å². The summed E-state index contributed by atoms with van der Waals surface area (Å²) < 4.78 is 27.6. The lowest BCUT2D eigenvalue weighted by atomic mass is 10.1. The Morgan fingerprint density at radius 1 is 1.04 bits per heavy atom. The average Bonchev–Trinajstić information content (AvgIpc) is 2.54. The summed E-state index contributed by atoms with van der Waals surface area (Å²) in [5.41, 5.74) is 2.66. The third kappa shape index (κ3) is 5.14. The summed E-state index contributed by atoms with van der Waals surface area (Å²) >= 11 is 0. The van der Waals surface area contributed by atoms with Crippen LogP contribution >= 0.6 is 0 Å². The standard InChI is InChI=1S/C19H24N2O3S/c1-14(13-16-5-9-18(10-6-16)21(3)4)20-25(23,24)19-11-7-17(8-12-19)15(2)22/h5-12,14,20H,13H2,1-4H3/t14-/m0/s1. The maximum absolute atomic E-state index is 12.5. The molecule has 0 aliphatic rings. The van der Waals surface area contributed by atoms with Gasteiger partial charge >= 0.3 is 0 Å². The Morgan fingerprint density at radius 3 is 2.08 bits per heavy atom. The van der Waals surface area contributed by atoms with Crippen LogP contribution in [0, 0.1) is 0 Å². The number of nitrogens with one attached hydrogen (secondary N) is 1. The van der Waals surface area contributed by atoms with Crippen LogP contribution in [0.4, 0.5) is 5.69 Å². The molecule has 0 bridgehead atoms. The van der Waals surface area contributed by atoms with Crippen molar-refractivity contribution in [2.75, 3.05) is 19.0 Å². The minimum absolute atomic E-state index is 0.0913. The molecule has 2 aromatic rings. The number of hydrogen-bond donors (Lipinski definition) is 1. The van der Waals surface area contributed by atoms with Gasteiger partial charge in [0.25, 0.3) is 0 Å². The molecule has 0 unspecified atom stereocenters. The molecule has 0 aliphatic heterocycles. The smallest absolute Gasteiger partial charge is 0.240 e. The first-order valence-corrected chi connectivity index (χ1v) is 9.57. The molecule has 0 fully saturated rings. The van der Waals surface area contributed by atoms with Crippen molar-refractivity contribution in [2.24, 2.45) is 0 Å². The third-order valence-electron chi connectivity index (χ3n) is 3.92. The van der Waals surface area contributed by atoms with Crippen molar-refractivity contribution in [2.45, 2.75) is 31.2 Å². The van der Waals surface area contributed by atoms with Crippen molar-refractivity contribution in [1.82, 2.24) is 4.72 Å². The molecule has 0 saturated carbocycles. The summed E-state index contributed by atoms with van der Waals surface area (Å²) in [4.78, 5) is 13.5. The molecule has 25 heavy (non-hydrogen) atoms. The maximum atomic E-state index is 12.5. The fraction of sp³-hybridized carbons (Fsp3) is 0.316. The third-order valence-corrected chi connectivity index (χ3v) is 5.53. The van der Waals surface area contributed by atoms with Gasteiger partial charge in [0.15, 0.2) is 5.78 Å². The van der Waals surface area contributed by atoms with Crippen molar-refractivity contribution >= 4 is 21.5 Å². The minimum Gasteiger partial charge on any atom is -0.378 e. The van der Waals surface area contributed by atoms with E-state index in [0.717, 1.165) is 11.3 Å². The molecule has 1 atom stereocenters. The number of rotatable bonds is 7. The van der Waals surface area contributed by atoms with E-state index < -0.39 is 10.0 Å². The zero-order valence-corrected chi connectivity index (χ0v) is 15.8. The van der Waals surface area contributed by atoms with E-state index in [2.05, 4.69) is 4.72 Å². The van der Waals surface area contributed by atoms with Crippen molar-refractivity contribution in [3.05, 3.63) is 59.7 Å². The minimum atomic E-state index is -3.61. The van der Waals surface area contributed by atoms with Crippen LogP contribution < -0.4 is 9.62 Å². The quantitative estimate of drug-likeness (QED) is 0.771. The summed E-state index contributed by atoms with van der Waals surface area (Å²) in [6.07, 6.45) is 0.596. The first-order chi connectivity index (χ1) is 11.7. The van der Waals surface area contributed by atoms with Crippen LogP contribution in [0.15, 0.2) is 53.4 Å². The average molecular weight is 360 g/mol. The van der Waals surface area contributed by atoms with E-state index in [0.29, 0.717) is 12.0 Å². The van der Waals surface area contributed by atoms with E-state index in [1.54, 1.807) is 0 Å². The predicted molar refractivity (Wildman–Crippen MR) is 101 cm³/mol. The molecule has 2 rings (SSSR count). The normalized spacial score (nSPS) is 12.6. The zero-order chi connectivity index (χ0) is 18.6. The summed E-state index contributed by atoms with van der Waals surface area (Å²) in [6.45, 7) is 3.28. The first kappa shape index (κ1) is 19.1. The SMILES string of the molecule is CC(=O)c1ccc(S(=O)(=O)N[C@@H](C)Cc2ccc(N(C)C)cc2)cc1. The van der Waals surface area contributed by atoms with Crippen molar-refractivity contribution < 1.29 is 13.2 Å². The molecular weight excluding hydrogens is 336 g/mol. The first-order valence-electron chi connectivity index (χ1n) is 8.08. The molecular formula is C19H24N2O3S. The Kier molecular flexibility index (Phi) is 5.98. The number of hydrogen-bond acceptors (Lipinski definition) is 4. The summed E-state index contributed by atoms with van der Waals surface area (Å²) in [5, 5.41) is 0. The molecule has 134 valence electrons. The summed E-state index contributed by atoms with van der Waals surface area (Å²) in [6, 6.07) is 13.7. The van der Waals surface area contributed by atoms with E-state index in [4.69, 9.17) is 0 Å². The van der Waals surface area contributed by atoms with E-state index in [1.807, 2.05) is 50.2 Å². The second-order valence-corrected chi connectivity index (χ2v) is 8.08. The monoisotopic (exact) mass is 360 g/mol. The molecule has 0 amide bonds. The van der Waals surface area contributed by atoms with E-state index >= 15 is 0 Å². The van der Waals surface area contributed by atoms with Crippen molar-refractivity contribution in [3.8, 4) is 0 Å². The van der Waals surface area contributed by atoms with Crippen LogP contribution in [0.3, 0.4) is 0 Å². The van der Waals surface area contributed by atoms with Gasteiger partial charge in [0, 0.05) is 31.4 Å². The molecule has 6 heteroatoms. The van der Waals surface area contributed by atoms with Crippen molar-refractivity contribution in [3.63, 3.8) is 0 Å². The topological polar surface area (TPSA) is 66.5 Å². The van der Waals surface area contributed by atoms with Gasteiger partial charge in [0.05, 0.1) is 4.90 Å². The second kappa shape index (κ2) is 7.80. The van der Waals surface area contributed by atoms with Gasteiger partial charge in [-0.15, -0.1) is 0 Å². The number of benzene rings is 2. The highest BCUT2D eigenvalue weighted by Crippen LogP contribution is 2.15. The Bertz CT molecular complexity index is 826. The van der Waals surface area contributed by atoms with E-state index in [9.17, 15) is 13.2 Å². The number of carbonyl (C=O) groups excluding carboxylic acids is 1. The Balaban J connectivity index is 2.05. The Labute approximate surface area is 149 Å². The van der Waals surface area contributed by atoms with Gasteiger partial charge in [0.1, 0.15) is 0 Å². The lowest BCUT2D eigenvalue weighted by Crippen LogP contribution is -2.34. The van der Waals surface area contributed by atoms with Crippen LogP contribution in [0.25, 0.3) is 0 Å². The van der Waals surface area contributed by atoms with Crippen LogP contribution in [0.2, 0.25) is 0 Å². The second-order valence-electron chi connectivity index (χ2n) is 6.37. The van der Waals surface area contributed by atoms with E-state index in [1.165, 1.54) is 31.2 Å². The highest BCUT2D eigenvalue weighted by atomic mass is 32.2. The molecule has 1 N–H and O–H groups in total. The molecule has 0 radical (unpaired) electrons. The van der Waals surface area contributed by atoms with Gasteiger partial charge in [-0.1, -0.05) is 24.3 Å². The number of anilines is 1. The van der Waals surface area contributed by atoms with Gasteiger partial charge < -0.3 is 4.90 Å². The Morgan fingerprint density at radius 2 is 1.60 bits per heavy atom. The number of ketones is 1. The number of Topliss-reactive ketones (excluding diaryl/α,β-unsaturated/α-hetero) is 1. The zero-order valence-electron chi connectivity index (χ0n) is 15.0. The largest absolute Gasteiger partial charge is 0.378 e. The predicted octanol–water partition coefficient (Wildman–Crippen LogP) is 2.86. The molecule has 2 aromatic carbocycles. The number of carbonyl (C=O) groups is 1. The van der Waals surface area contributed by atoms with Gasteiger partial charge in [-0.3, -0.25) is 4.79 Å². The van der Waals surface area contributed by atoms with Crippen LogP contribution in [0.1, 0.15) is 29.8 Å². The van der Waals surface area contributed by atoms with Crippen LogP contribution in [-0.2, 0) is 16.4 Å². The van der Waals surface area contributed by atoms with E-state index in [-0.39, 0.29) is 16.7 Å². The highest BCUT2D eigenvalue weighted by molar-refractivity contribution is 7.89. The molecule has 0 aromatic heterocycles. The van der Waals surface area contributed by atoms with Gasteiger partial charge in [-0.25, -0.2) is 13.1 Å². The molecule has 0 spiro atoms.